The van der Waals surface area contributed by atoms with Gasteiger partial charge in [-0.05, 0) is 55.8 Å². The maximum Gasteiger partial charge on any atom is 0.263 e. The van der Waals surface area contributed by atoms with Gasteiger partial charge in [0.15, 0.2) is 0 Å². The van der Waals surface area contributed by atoms with Gasteiger partial charge in [-0.3, -0.25) is 24.2 Å². The van der Waals surface area contributed by atoms with Crippen LogP contribution in [0.4, 0.5) is 5.69 Å². The molecule has 1 N–H and O–H groups in total. The quantitative estimate of drug-likeness (QED) is 0.573. The third kappa shape index (κ3) is 4.36. The molecule has 3 amide bonds. The van der Waals surface area contributed by atoms with Crippen LogP contribution in [0.2, 0.25) is 0 Å². The third-order valence-electron chi connectivity index (χ3n) is 6.55. The molecule has 3 heterocycles. The van der Waals surface area contributed by atoms with Gasteiger partial charge < -0.3 is 9.88 Å². The highest BCUT2D eigenvalue weighted by Gasteiger charge is 2.36. The lowest BCUT2D eigenvalue weighted by atomic mass is 9.95. The van der Waals surface area contributed by atoms with E-state index in [2.05, 4.69) is 15.2 Å². The highest BCUT2D eigenvalue weighted by atomic mass is 16.2. The number of nitrogens with one attached hydrogen (secondary N) is 1. The first-order valence-corrected chi connectivity index (χ1v) is 11.5. The SMILES string of the molecule is CC(=O)Nc1ccc(CN2CCC(c3nccn3CN3C(=O)c4ccccc4C3=O)CC2)cc1. The van der Waals surface area contributed by atoms with Crippen LogP contribution in [0, 0.1) is 0 Å². The van der Waals surface area contributed by atoms with E-state index in [-0.39, 0.29) is 30.3 Å². The summed E-state index contributed by atoms with van der Waals surface area (Å²) in [6.45, 7) is 4.43. The highest BCUT2D eigenvalue weighted by molar-refractivity contribution is 6.21. The van der Waals surface area contributed by atoms with Crippen molar-refractivity contribution in [1.29, 1.82) is 0 Å². The molecule has 2 aromatic carbocycles. The lowest BCUT2D eigenvalue weighted by molar-refractivity contribution is -0.114. The van der Waals surface area contributed by atoms with E-state index in [0.29, 0.717) is 11.1 Å². The fourth-order valence-electron chi connectivity index (χ4n) is 4.82. The molecule has 0 radical (unpaired) electrons. The summed E-state index contributed by atoms with van der Waals surface area (Å²) >= 11 is 0. The van der Waals surface area contributed by atoms with Gasteiger partial charge in [0.05, 0.1) is 11.1 Å². The molecule has 0 bridgehead atoms. The first-order chi connectivity index (χ1) is 16.5. The van der Waals surface area contributed by atoms with Crippen molar-refractivity contribution < 1.29 is 14.4 Å². The third-order valence-corrected chi connectivity index (χ3v) is 6.55. The second kappa shape index (κ2) is 9.23. The number of aromatic nitrogens is 2. The minimum Gasteiger partial charge on any atom is -0.326 e. The molecule has 0 atom stereocenters. The van der Waals surface area contributed by atoms with Gasteiger partial charge in [0.1, 0.15) is 12.5 Å². The molecule has 1 aromatic heterocycles. The first-order valence-electron chi connectivity index (χ1n) is 11.5. The molecule has 0 unspecified atom stereocenters. The number of hydrogen-bond acceptors (Lipinski definition) is 5. The summed E-state index contributed by atoms with van der Waals surface area (Å²) in [7, 11) is 0. The van der Waals surface area contributed by atoms with Crippen LogP contribution in [0.1, 0.15) is 57.8 Å². The molecule has 8 nitrogen and oxygen atoms in total. The van der Waals surface area contributed by atoms with Gasteiger partial charge in [0.2, 0.25) is 5.91 Å². The number of likely N-dealkylation sites (tertiary alicyclic amines) is 1. The van der Waals surface area contributed by atoms with Crippen molar-refractivity contribution in [3.05, 3.63) is 83.4 Å². The summed E-state index contributed by atoms with van der Waals surface area (Å²) in [4.78, 5) is 45.0. The van der Waals surface area contributed by atoms with E-state index in [9.17, 15) is 14.4 Å². The molecule has 3 aromatic rings. The van der Waals surface area contributed by atoms with Crippen LogP contribution in [0.15, 0.2) is 60.9 Å². The smallest absolute Gasteiger partial charge is 0.263 e. The van der Waals surface area contributed by atoms with Crippen molar-refractivity contribution in [2.45, 2.75) is 38.9 Å². The minimum atomic E-state index is -0.250. The second-order valence-corrected chi connectivity index (χ2v) is 8.91. The number of carbonyl (C=O) groups excluding carboxylic acids is 3. The standard InChI is InChI=1S/C26H27N5O3/c1-18(32)28-21-8-6-19(7-9-21)16-29-13-10-20(11-14-29)24-27-12-15-30(24)17-31-25(33)22-4-2-3-5-23(22)26(31)34/h2-9,12,15,20H,10-11,13-14,16-17H2,1H3,(H,28,32). The summed E-state index contributed by atoms with van der Waals surface area (Å²) in [5, 5.41) is 2.79. The molecule has 0 saturated carbocycles. The number of imide groups is 1. The van der Waals surface area contributed by atoms with Crippen LogP contribution in [0.5, 0.6) is 0 Å². The molecular weight excluding hydrogens is 430 g/mol. The normalized spacial score (nSPS) is 16.7. The van der Waals surface area contributed by atoms with Crippen molar-refractivity contribution in [2.75, 3.05) is 18.4 Å². The molecule has 1 fully saturated rings. The lowest BCUT2D eigenvalue weighted by Crippen LogP contribution is -2.35. The van der Waals surface area contributed by atoms with Gasteiger partial charge in [0.25, 0.3) is 11.8 Å². The van der Waals surface area contributed by atoms with Gasteiger partial charge >= 0.3 is 0 Å². The van der Waals surface area contributed by atoms with E-state index >= 15 is 0 Å². The van der Waals surface area contributed by atoms with Crippen LogP contribution < -0.4 is 5.32 Å². The number of hydrogen-bond donors (Lipinski definition) is 1. The lowest BCUT2D eigenvalue weighted by Gasteiger charge is -2.32. The summed E-state index contributed by atoms with van der Waals surface area (Å²) < 4.78 is 1.93. The number of imidazole rings is 1. The number of benzene rings is 2. The predicted molar refractivity (Wildman–Crippen MR) is 127 cm³/mol. The van der Waals surface area contributed by atoms with E-state index in [4.69, 9.17) is 0 Å². The Bertz CT molecular complexity index is 1190. The van der Waals surface area contributed by atoms with Crippen LogP contribution in [0.25, 0.3) is 0 Å². The Morgan fingerprint density at radius 1 is 1.00 bits per heavy atom. The number of rotatable bonds is 6. The number of anilines is 1. The summed E-state index contributed by atoms with van der Waals surface area (Å²) in [6.07, 6.45) is 5.52. The van der Waals surface area contributed by atoms with E-state index in [1.165, 1.54) is 17.4 Å². The van der Waals surface area contributed by atoms with Crippen molar-refractivity contribution in [2.24, 2.45) is 0 Å². The maximum absolute atomic E-state index is 12.8. The Kier molecular flexibility index (Phi) is 5.98. The van der Waals surface area contributed by atoms with Gasteiger partial charge in [0, 0.05) is 37.5 Å². The van der Waals surface area contributed by atoms with Crippen LogP contribution in [0.3, 0.4) is 0 Å². The number of fused-ring (bicyclic) bond motifs is 1. The van der Waals surface area contributed by atoms with Crippen LogP contribution in [-0.4, -0.2) is 50.2 Å². The molecule has 174 valence electrons. The van der Waals surface area contributed by atoms with Gasteiger partial charge in [-0.25, -0.2) is 4.98 Å². The Morgan fingerprint density at radius 3 is 2.26 bits per heavy atom. The summed E-state index contributed by atoms with van der Waals surface area (Å²) in [5.74, 6) is 0.634. The summed E-state index contributed by atoms with van der Waals surface area (Å²) in [6, 6.07) is 14.9. The average molecular weight is 458 g/mol. The molecule has 2 aliphatic heterocycles. The Morgan fingerprint density at radius 2 is 1.65 bits per heavy atom. The fourth-order valence-corrected chi connectivity index (χ4v) is 4.82. The molecule has 0 spiro atoms. The van der Waals surface area contributed by atoms with E-state index in [0.717, 1.165) is 44.0 Å². The van der Waals surface area contributed by atoms with E-state index in [1.54, 1.807) is 30.5 Å². The average Bonchev–Trinajstić information content (AvgIpc) is 3.40. The second-order valence-electron chi connectivity index (χ2n) is 8.91. The van der Waals surface area contributed by atoms with Crippen molar-refractivity contribution in [3.8, 4) is 0 Å². The number of carbonyl (C=O) groups is 3. The highest BCUT2D eigenvalue weighted by Crippen LogP contribution is 2.29. The number of amides is 3. The zero-order chi connectivity index (χ0) is 23.7. The zero-order valence-corrected chi connectivity index (χ0v) is 19.1. The van der Waals surface area contributed by atoms with E-state index < -0.39 is 0 Å². The van der Waals surface area contributed by atoms with Crippen molar-refractivity contribution in [3.63, 3.8) is 0 Å². The number of piperidine rings is 1. The molecular formula is C26H27N5O3. The molecule has 2 aliphatic rings. The molecule has 5 rings (SSSR count). The fraction of sp³-hybridized carbons (Fsp3) is 0.308. The van der Waals surface area contributed by atoms with Gasteiger partial charge in [-0.1, -0.05) is 24.3 Å². The minimum absolute atomic E-state index is 0.0730. The predicted octanol–water partition coefficient (Wildman–Crippen LogP) is 3.47. The molecule has 8 heteroatoms. The monoisotopic (exact) mass is 457 g/mol. The van der Waals surface area contributed by atoms with E-state index in [1.807, 2.05) is 35.0 Å². The van der Waals surface area contributed by atoms with Crippen LogP contribution >= 0.6 is 0 Å². The zero-order valence-electron chi connectivity index (χ0n) is 19.1. The Balaban J connectivity index is 1.19. The summed E-state index contributed by atoms with van der Waals surface area (Å²) in [5.41, 5.74) is 2.94. The molecule has 1 saturated heterocycles. The van der Waals surface area contributed by atoms with Gasteiger partial charge in [-0.2, -0.15) is 0 Å². The van der Waals surface area contributed by atoms with Crippen molar-refractivity contribution >= 4 is 23.4 Å². The Labute approximate surface area is 198 Å². The van der Waals surface area contributed by atoms with Gasteiger partial charge in [-0.15, -0.1) is 0 Å². The molecule has 34 heavy (non-hydrogen) atoms. The number of nitrogens with zero attached hydrogens (tertiary/aromatic N) is 4. The Hall–Kier alpha value is -3.78. The maximum atomic E-state index is 12.8. The van der Waals surface area contributed by atoms with Crippen molar-refractivity contribution in [1.82, 2.24) is 19.4 Å². The van der Waals surface area contributed by atoms with Crippen LogP contribution in [-0.2, 0) is 18.0 Å². The first kappa shape index (κ1) is 22.0. The topological polar surface area (TPSA) is 87.5 Å². The largest absolute Gasteiger partial charge is 0.326 e. The molecule has 0 aliphatic carbocycles.